The first-order valence-electron chi connectivity index (χ1n) is 6.12. The molecule has 1 heterocycles. The maximum atomic E-state index is 10.7. The van der Waals surface area contributed by atoms with Crippen molar-refractivity contribution in [3.05, 3.63) is 22.2 Å². The fourth-order valence-electron chi connectivity index (χ4n) is 1.39. The predicted octanol–water partition coefficient (Wildman–Crippen LogP) is 1.50. The molecule has 8 heteroatoms. The van der Waals surface area contributed by atoms with Gasteiger partial charge in [-0.1, -0.05) is 13.3 Å². The minimum atomic E-state index is -0.495. The van der Waals surface area contributed by atoms with Gasteiger partial charge < -0.3 is 15.5 Å². The van der Waals surface area contributed by atoms with E-state index in [0.29, 0.717) is 19.0 Å². The van der Waals surface area contributed by atoms with Gasteiger partial charge in [0.05, 0.1) is 23.7 Å². The van der Waals surface area contributed by atoms with E-state index >= 15 is 0 Å². The van der Waals surface area contributed by atoms with E-state index in [2.05, 4.69) is 22.7 Å². The number of pyridine rings is 1. The van der Waals surface area contributed by atoms with E-state index < -0.39 is 4.92 Å². The van der Waals surface area contributed by atoms with E-state index in [9.17, 15) is 10.1 Å². The topological polar surface area (TPSA) is 115 Å². The molecule has 0 fully saturated rings. The van der Waals surface area contributed by atoms with Crippen LogP contribution < -0.4 is 16.6 Å². The highest BCUT2D eigenvalue weighted by Gasteiger charge is 2.10. The number of rotatable bonds is 9. The molecule has 0 amide bonds. The number of anilines is 2. The third kappa shape index (κ3) is 5.49. The van der Waals surface area contributed by atoms with Crippen LogP contribution in [-0.4, -0.2) is 29.7 Å². The van der Waals surface area contributed by atoms with E-state index in [-0.39, 0.29) is 11.5 Å². The Hall–Kier alpha value is -1.93. The van der Waals surface area contributed by atoms with Gasteiger partial charge in [-0.2, -0.15) is 0 Å². The fourth-order valence-corrected chi connectivity index (χ4v) is 1.39. The van der Waals surface area contributed by atoms with Crippen LogP contribution in [0.5, 0.6) is 0 Å². The van der Waals surface area contributed by atoms with Crippen LogP contribution in [0.3, 0.4) is 0 Å². The zero-order valence-corrected chi connectivity index (χ0v) is 10.9. The molecule has 1 aromatic heterocycles. The van der Waals surface area contributed by atoms with Gasteiger partial charge in [0.2, 0.25) is 0 Å². The van der Waals surface area contributed by atoms with Gasteiger partial charge in [0.15, 0.2) is 0 Å². The molecule has 106 valence electrons. The average molecular weight is 269 g/mol. The highest BCUT2D eigenvalue weighted by atomic mass is 16.6. The smallest absolute Gasteiger partial charge is 0.276 e. The number of nitrogens with one attached hydrogen (secondary N) is 2. The molecule has 0 aliphatic heterocycles. The molecule has 0 atom stereocenters. The maximum absolute atomic E-state index is 10.7. The average Bonchev–Trinajstić information content (AvgIpc) is 2.42. The van der Waals surface area contributed by atoms with E-state index in [4.69, 9.17) is 10.6 Å². The van der Waals surface area contributed by atoms with Crippen molar-refractivity contribution >= 4 is 17.3 Å². The highest BCUT2D eigenvalue weighted by molar-refractivity contribution is 5.54. The standard InChI is InChI=1S/C11H19N5O3/c1-2-3-5-19-6-4-13-10-7-9(16(17)18)8-11(14-10)15-12/h7-8H,2-6,12H2,1H3,(H2,13,14,15). The molecule has 0 aliphatic carbocycles. The largest absolute Gasteiger partial charge is 0.380 e. The Morgan fingerprint density at radius 2 is 2.16 bits per heavy atom. The SMILES string of the molecule is CCCCOCCNc1cc([N+](=O)[O-])cc(NN)n1. The van der Waals surface area contributed by atoms with E-state index in [1.807, 2.05) is 0 Å². The summed E-state index contributed by atoms with van der Waals surface area (Å²) in [4.78, 5) is 14.3. The van der Waals surface area contributed by atoms with Crippen LogP contribution in [0.1, 0.15) is 19.8 Å². The summed E-state index contributed by atoms with van der Waals surface area (Å²) in [5.41, 5.74) is 2.22. The molecule has 0 aliphatic rings. The predicted molar refractivity (Wildman–Crippen MR) is 72.9 cm³/mol. The molecule has 1 aromatic rings. The van der Waals surface area contributed by atoms with Crippen LogP contribution in [0.15, 0.2) is 12.1 Å². The molecule has 0 saturated carbocycles. The van der Waals surface area contributed by atoms with Crippen molar-refractivity contribution < 1.29 is 9.66 Å². The Balaban J connectivity index is 2.48. The van der Waals surface area contributed by atoms with Gasteiger partial charge in [0.1, 0.15) is 11.6 Å². The Morgan fingerprint density at radius 3 is 2.79 bits per heavy atom. The molecule has 1 rings (SSSR count). The van der Waals surface area contributed by atoms with Gasteiger partial charge >= 0.3 is 0 Å². The molecule has 0 aromatic carbocycles. The van der Waals surface area contributed by atoms with Crippen molar-refractivity contribution in [1.29, 1.82) is 0 Å². The molecule has 0 bridgehead atoms. The molecule has 0 spiro atoms. The lowest BCUT2D eigenvalue weighted by Gasteiger charge is -2.08. The lowest BCUT2D eigenvalue weighted by molar-refractivity contribution is -0.384. The van der Waals surface area contributed by atoms with E-state index in [1.54, 1.807) is 0 Å². The zero-order chi connectivity index (χ0) is 14.1. The number of nitrogens with zero attached hydrogens (tertiary/aromatic N) is 2. The molecule has 0 unspecified atom stereocenters. The van der Waals surface area contributed by atoms with Crippen molar-refractivity contribution in [2.45, 2.75) is 19.8 Å². The first-order valence-corrected chi connectivity index (χ1v) is 6.12. The van der Waals surface area contributed by atoms with Crippen LogP contribution in [0, 0.1) is 10.1 Å². The second-order valence-electron chi connectivity index (χ2n) is 3.89. The number of hydrogen-bond acceptors (Lipinski definition) is 7. The summed E-state index contributed by atoms with van der Waals surface area (Å²) >= 11 is 0. The Kier molecular flexibility index (Phi) is 6.55. The third-order valence-corrected chi connectivity index (χ3v) is 2.36. The second-order valence-corrected chi connectivity index (χ2v) is 3.89. The van der Waals surface area contributed by atoms with Crippen LogP contribution in [0.2, 0.25) is 0 Å². The minimum Gasteiger partial charge on any atom is -0.380 e. The summed E-state index contributed by atoms with van der Waals surface area (Å²) < 4.78 is 5.37. The number of nitrogen functional groups attached to an aromatic ring is 1. The van der Waals surface area contributed by atoms with Gasteiger partial charge in [0.25, 0.3) is 5.69 Å². The van der Waals surface area contributed by atoms with Crippen molar-refractivity contribution in [2.75, 3.05) is 30.5 Å². The number of ether oxygens (including phenoxy) is 1. The lowest BCUT2D eigenvalue weighted by Crippen LogP contribution is -2.13. The number of hydrazine groups is 1. The summed E-state index contributed by atoms with van der Waals surface area (Å²) in [5, 5.41) is 13.7. The monoisotopic (exact) mass is 269 g/mol. The number of nitrogens with two attached hydrogens (primary N) is 1. The van der Waals surface area contributed by atoms with Gasteiger partial charge in [-0.05, 0) is 6.42 Å². The first kappa shape index (κ1) is 15.1. The molecule has 8 nitrogen and oxygen atoms in total. The van der Waals surface area contributed by atoms with E-state index in [0.717, 1.165) is 19.4 Å². The van der Waals surface area contributed by atoms with Crippen LogP contribution in [0.25, 0.3) is 0 Å². The number of hydrogen-bond donors (Lipinski definition) is 3. The molecule has 0 radical (unpaired) electrons. The molecular formula is C11H19N5O3. The van der Waals surface area contributed by atoms with Gasteiger partial charge in [-0.25, -0.2) is 10.8 Å². The normalized spacial score (nSPS) is 10.2. The Bertz CT molecular complexity index is 413. The molecule has 19 heavy (non-hydrogen) atoms. The molecular weight excluding hydrogens is 250 g/mol. The molecule has 0 saturated heterocycles. The minimum absolute atomic E-state index is 0.0719. The summed E-state index contributed by atoms with van der Waals surface area (Å²) in [6.07, 6.45) is 2.11. The van der Waals surface area contributed by atoms with Crippen molar-refractivity contribution in [2.24, 2.45) is 5.84 Å². The highest BCUT2D eigenvalue weighted by Crippen LogP contribution is 2.19. The van der Waals surface area contributed by atoms with E-state index in [1.165, 1.54) is 12.1 Å². The zero-order valence-electron chi connectivity index (χ0n) is 10.9. The second kappa shape index (κ2) is 8.22. The maximum Gasteiger partial charge on any atom is 0.276 e. The molecule has 4 N–H and O–H groups in total. The van der Waals surface area contributed by atoms with Crippen molar-refractivity contribution in [3.63, 3.8) is 0 Å². The Labute approximate surface area is 111 Å². The summed E-state index contributed by atoms with van der Waals surface area (Å²) in [5.74, 6) is 5.84. The Morgan fingerprint density at radius 1 is 1.42 bits per heavy atom. The quantitative estimate of drug-likeness (QED) is 0.269. The number of aromatic nitrogens is 1. The lowest BCUT2D eigenvalue weighted by atomic mass is 10.3. The summed E-state index contributed by atoms with van der Waals surface area (Å²) in [6.45, 7) is 3.86. The van der Waals surface area contributed by atoms with Crippen molar-refractivity contribution in [1.82, 2.24) is 4.98 Å². The van der Waals surface area contributed by atoms with Gasteiger partial charge in [0, 0.05) is 13.2 Å². The number of nitro groups is 1. The van der Waals surface area contributed by atoms with Gasteiger partial charge in [-0.3, -0.25) is 10.1 Å². The van der Waals surface area contributed by atoms with Crippen LogP contribution >= 0.6 is 0 Å². The summed E-state index contributed by atoms with van der Waals surface area (Å²) in [7, 11) is 0. The van der Waals surface area contributed by atoms with Crippen LogP contribution in [-0.2, 0) is 4.74 Å². The fraction of sp³-hybridized carbons (Fsp3) is 0.545. The van der Waals surface area contributed by atoms with Crippen molar-refractivity contribution in [3.8, 4) is 0 Å². The summed E-state index contributed by atoms with van der Waals surface area (Å²) in [6, 6.07) is 2.62. The number of unbranched alkanes of at least 4 members (excludes halogenated alkanes) is 1. The first-order chi connectivity index (χ1) is 9.17. The van der Waals surface area contributed by atoms with Gasteiger partial charge in [-0.15, -0.1) is 0 Å². The third-order valence-electron chi connectivity index (χ3n) is 2.36. The van der Waals surface area contributed by atoms with Crippen LogP contribution in [0.4, 0.5) is 17.3 Å².